The van der Waals surface area contributed by atoms with Crippen LogP contribution in [0.3, 0.4) is 0 Å². The minimum absolute atomic E-state index is 0.000603. The maximum atomic E-state index is 12.7. The lowest BCUT2D eigenvalue weighted by Crippen LogP contribution is -2.40. The zero-order valence-electron chi connectivity index (χ0n) is 18.3. The van der Waals surface area contributed by atoms with Crippen molar-refractivity contribution >= 4 is 29.0 Å². The number of nitrogens with zero attached hydrogens (tertiary/aromatic N) is 6. The lowest BCUT2D eigenvalue weighted by atomic mass is 10.1. The Morgan fingerprint density at radius 3 is 2.62 bits per heavy atom. The van der Waals surface area contributed by atoms with Gasteiger partial charge in [-0.15, -0.1) is 0 Å². The molecule has 0 aliphatic carbocycles. The summed E-state index contributed by atoms with van der Waals surface area (Å²) in [5.74, 6) is 1.13. The van der Waals surface area contributed by atoms with Gasteiger partial charge in [-0.2, -0.15) is 9.97 Å². The fourth-order valence-electron chi connectivity index (χ4n) is 3.86. The predicted octanol–water partition coefficient (Wildman–Crippen LogP) is 3.22. The van der Waals surface area contributed by atoms with Gasteiger partial charge in [0.25, 0.3) is 11.6 Å². The third-order valence-electron chi connectivity index (χ3n) is 5.70. The highest BCUT2D eigenvalue weighted by Crippen LogP contribution is 2.29. The van der Waals surface area contributed by atoms with Crippen LogP contribution in [-0.2, 0) is 4.74 Å². The summed E-state index contributed by atoms with van der Waals surface area (Å²) in [6, 6.07) is 11.9. The lowest BCUT2D eigenvalue weighted by Gasteiger charge is -2.26. The number of fused-ring (bicyclic) bond motifs is 1. The summed E-state index contributed by atoms with van der Waals surface area (Å²) < 4.78 is 6.99. The van der Waals surface area contributed by atoms with Crippen LogP contribution in [0.15, 0.2) is 54.9 Å². The summed E-state index contributed by atoms with van der Waals surface area (Å²) in [5, 5.41) is 14.6. The molecule has 1 aliphatic heterocycles. The second-order valence-electron chi connectivity index (χ2n) is 7.78. The van der Waals surface area contributed by atoms with E-state index in [1.165, 1.54) is 6.07 Å². The maximum absolute atomic E-state index is 12.7. The number of rotatable bonds is 5. The van der Waals surface area contributed by atoms with E-state index in [9.17, 15) is 14.9 Å². The van der Waals surface area contributed by atoms with E-state index >= 15 is 0 Å². The number of hydrogen-bond acceptors (Lipinski definition) is 8. The molecule has 1 N–H and O–H groups in total. The molecule has 0 saturated carbocycles. The molecule has 3 heterocycles. The second kappa shape index (κ2) is 8.87. The van der Waals surface area contributed by atoms with Crippen LogP contribution >= 0.6 is 0 Å². The maximum Gasteiger partial charge on any atom is 0.273 e. The highest BCUT2D eigenvalue weighted by molar-refractivity contribution is 5.94. The predicted molar refractivity (Wildman–Crippen MR) is 124 cm³/mol. The quantitative estimate of drug-likeness (QED) is 0.356. The number of carbonyl (C=O) groups is 1. The van der Waals surface area contributed by atoms with Gasteiger partial charge in [-0.3, -0.25) is 19.3 Å². The zero-order valence-corrected chi connectivity index (χ0v) is 18.3. The number of hydrogen-bond donors (Lipinski definition) is 1. The number of nitro benzene ring substituents is 1. The van der Waals surface area contributed by atoms with E-state index < -0.39 is 4.92 Å². The first-order valence-electron chi connectivity index (χ1n) is 10.7. The summed E-state index contributed by atoms with van der Waals surface area (Å²) in [5.41, 5.74) is 2.33. The van der Waals surface area contributed by atoms with Crippen LogP contribution in [0.1, 0.15) is 15.9 Å². The van der Waals surface area contributed by atoms with E-state index in [1.54, 1.807) is 65.0 Å². The average molecular weight is 459 g/mol. The van der Waals surface area contributed by atoms with Crippen molar-refractivity contribution in [3.05, 3.63) is 76.1 Å². The van der Waals surface area contributed by atoms with Crippen LogP contribution in [0.25, 0.3) is 17.2 Å². The second-order valence-corrected chi connectivity index (χ2v) is 7.78. The van der Waals surface area contributed by atoms with E-state index in [2.05, 4.69) is 20.3 Å². The van der Waals surface area contributed by atoms with Crippen LogP contribution in [0.2, 0.25) is 0 Å². The summed E-state index contributed by atoms with van der Waals surface area (Å²) in [6.07, 6.45) is 3.32. The normalized spacial score (nSPS) is 13.7. The van der Waals surface area contributed by atoms with E-state index in [0.717, 1.165) is 0 Å². The standard InChI is InChI=1S/C23H21N7O4/c1-15-18(3-2-4-19(15)30(32)33)20-26-22-24-9-10-29(22)23(27-20)25-17-7-5-16(6-8-17)21(31)28-11-13-34-14-12-28/h2-10H,11-14H2,1H3,(H,24,25,26,27). The fraction of sp³-hybridized carbons (Fsp3) is 0.217. The molecule has 0 atom stereocenters. The van der Waals surface area contributed by atoms with Crippen LogP contribution in [0, 0.1) is 17.0 Å². The average Bonchev–Trinajstić information content (AvgIpc) is 3.34. The van der Waals surface area contributed by atoms with Crippen molar-refractivity contribution in [2.24, 2.45) is 0 Å². The van der Waals surface area contributed by atoms with Crippen LogP contribution < -0.4 is 5.32 Å². The van der Waals surface area contributed by atoms with Gasteiger partial charge in [0.1, 0.15) is 0 Å². The van der Waals surface area contributed by atoms with E-state index in [0.29, 0.717) is 66.2 Å². The Labute approximate surface area is 194 Å². The Hall–Kier alpha value is -4.38. The first-order chi connectivity index (χ1) is 16.5. The van der Waals surface area contributed by atoms with Crippen molar-refractivity contribution in [3.8, 4) is 11.4 Å². The van der Waals surface area contributed by atoms with Gasteiger partial charge in [-0.05, 0) is 31.2 Å². The molecule has 5 rings (SSSR count). The number of ether oxygens (including phenoxy) is 1. The van der Waals surface area contributed by atoms with Crippen molar-refractivity contribution < 1.29 is 14.5 Å². The van der Waals surface area contributed by atoms with Crippen molar-refractivity contribution in [2.75, 3.05) is 31.6 Å². The van der Waals surface area contributed by atoms with Crippen molar-refractivity contribution in [3.63, 3.8) is 0 Å². The first kappa shape index (κ1) is 21.5. The number of nitro groups is 1. The summed E-state index contributed by atoms with van der Waals surface area (Å²) >= 11 is 0. The zero-order chi connectivity index (χ0) is 23.7. The molecule has 1 fully saturated rings. The molecular formula is C23H21N7O4. The smallest absolute Gasteiger partial charge is 0.273 e. The Kier molecular flexibility index (Phi) is 5.60. The monoisotopic (exact) mass is 459 g/mol. The first-order valence-corrected chi connectivity index (χ1v) is 10.7. The number of anilines is 2. The molecule has 4 aromatic rings. The Morgan fingerprint density at radius 1 is 1.12 bits per heavy atom. The van der Waals surface area contributed by atoms with Gasteiger partial charge in [0.15, 0.2) is 5.82 Å². The van der Waals surface area contributed by atoms with E-state index in [1.807, 2.05) is 0 Å². The molecule has 11 nitrogen and oxygen atoms in total. The van der Waals surface area contributed by atoms with Gasteiger partial charge in [-0.1, -0.05) is 12.1 Å². The molecule has 0 spiro atoms. The Morgan fingerprint density at radius 2 is 1.88 bits per heavy atom. The molecule has 1 aliphatic rings. The number of morpholine rings is 1. The number of benzene rings is 2. The Bertz CT molecular complexity index is 1380. The summed E-state index contributed by atoms with van der Waals surface area (Å²) in [4.78, 5) is 38.8. The van der Waals surface area contributed by atoms with Crippen LogP contribution in [0.4, 0.5) is 17.3 Å². The molecule has 0 bridgehead atoms. The SMILES string of the molecule is Cc1c(-c2nc(Nc3ccc(C(=O)N4CCOCC4)cc3)n3ccnc3n2)cccc1[N+](=O)[O-]. The van der Waals surface area contributed by atoms with Crippen molar-refractivity contribution in [2.45, 2.75) is 6.92 Å². The largest absolute Gasteiger partial charge is 0.378 e. The lowest BCUT2D eigenvalue weighted by molar-refractivity contribution is -0.385. The van der Waals surface area contributed by atoms with Crippen molar-refractivity contribution in [1.29, 1.82) is 0 Å². The molecule has 172 valence electrons. The van der Waals surface area contributed by atoms with E-state index in [-0.39, 0.29) is 11.6 Å². The van der Waals surface area contributed by atoms with Gasteiger partial charge < -0.3 is 15.0 Å². The van der Waals surface area contributed by atoms with Crippen LogP contribution in [-0.4, -0.2) is 61.4 Å². The molecular weight excluding hydrogens is 438 g/mol. The molecule has 2 aromatic heterocycles. The summed E-state index contributed by atoms with van der Waals surface area (Å²) in [7, 11) is 0. The number of amides is 1. The third-order valence-corrected chi connectivity index (χ3v) is 5.70. The number of nitrogens with one attached hydrogen (secondary N) is 1. The van der Waals surface area contributed by atoms with Crippen LogP contribution in [0.5, 0.6) is 0 Å². The highest BCUT2D eigenvalue weighted by atomic mass is 16.6. The number of imidazole rings is 1. The number of aromatic nitrogens is 4. The van der Waals surface area contributed by atoms with Gasteiger partial charge >= 0.3 is 0 Å². The summed E-state index contributed by atoms with van der Waals surface area (Å²) in [6.45, 7) is 3.93. The molecule has 11 heteroatoms. The number of carbonyl (C=O) groups excluding carboxylic acids is 1. The Balaban J connectivity index is 1.46. The highest BCUT2D eigenvalue weighted by Gasteiger charge is 2.20. The fourth-order valence-corrected chi connectivity index (χ4v) is 3.86. The minimum atomic E-state index is -0.425. The minimum Gasteiger partial charge on any atom is -0.378 e. The third kappa shape index (κ3) is 4.04. The van der Waals surface area contributed by atoms with Crippen molar-refractivity contribution in [1.82, 2.24) is 24.3 Å². The molecule has 34 heavy (non-hydrogen) atoms. The van der Waals surface area contributed by atoms with Gasteiger partial charge in [0.05, 0.1) is 18.1 Å². The van der Waals surface area contributed by atoms with Gasteiger partial charge in [-0.25, -0.2) is 4.98 Å². The van der Waals surface area contributed by atoms with Gasteiger partial charge in [0, 0.05) is 53.9 Å². The molecule has 2 aromatic carbocycles. The van der Waals surface area contributed by atoms with Gasteiger partial charge in [0.2, 0.25) is 11.7 Å². The molecule has 0 radical (unpaired) electrons. The topological polar surface area (TPSA) is 128 Å². The molecule has 0 unspecified atom stereocenters. The molecule has 1 saturated heterocycles. The van der Waals surface area contributed by atoms with E-state index in [4.69, 9.17) is 4.74 Å². The molecule has 1 amide bonds.